The zero-order valence-electron chi connectivity index (χ0n) is 40.5. The highest BCUT2D eigenvalue weighted by Crippen LogP contribution is 2.26. The highest BCUT2D eigenvalue weighted by Gasteiger charge is 2.40. The van der Waals surface area contributed by atoms with Crippen LogP contribution in [0.3, 0.4) is 0 Å². The van der Waals surface area contributed by atoms with Crippen molar-refractivity contribution in [2.75, 3.05) is 31.1 Å². The Morgan fingerprint density at radius 3 is 1.78 bits per heavy atom. The van der Waals surface area contributed by atoms with Gasteiger partial charge in [-0.1, -0.05) is 82.3 Å². The fourth-order valence-electron chi connectivity index (χ4n) is 7.78. The van der Waals surface area contributed by atoms with Gasteiger partial charge in [0.05, 0.1) is 19.0 Å². The van der Waals surface area contributed by atoms with E-state index >= 15 is 0 Å². The molecule has 0 saturated carbocycles. The van der Waals surface area contributed by atoms with Crippen molar-refractivity contribution in [2.45, 2.75) is 106 Å². The van der Waals surface area contributed by atoms with Crippen molar-refractivity contribution in [2.24, 2.45) is 39.4 Å². The molecule has 2 aliphatic rings. The van der Waals surface area contributed by atoms with Gasteiger partial charge in [-0.25, -0.2) is 0 Å². The minimum absolute atomic E-state index is 0.00960. The number of nitrogens with zero attached hydrogens (tertiary/aromatic N) is 2. The first-order chi connectivity index (χ1) is 35.2. The van der Waals surface area contributed by atoms with Crippen LogP contribution in [-0.4, -0.2) is 155 Å². The van der Waals surface area contributed by atoms with Crippen LogP contribution in [0.2, 0.25) is 0 Å². The molecule has 0 aromatic heterocycles. The summed E-state index contributed by atoms with van der Waals surface area (Å²) < 4.78 is 0. The van der Waals surface area contributed by atoms with E-state index in [2.05, 4.69) is 42.2 Å². The van der Waals surface area contributed by atoms with Gasteiger partial charge in [-0.2, -0.15) is 0 Å². The Kier molecular flexibility index (Phi) is 23.9. The van der Waals surface area contributed by atoms with Gasteiger partial charge in [-0.3, -0.25) is 57.7 Å². The molecule has 2 aliphatic heterocycles. The summed E-state index contributed by atoms with van der Waals surface area (Å²) in [5, 5.41) is 17.9. The average molecular weight is 1070 g/mol. The molecule has 2 aromatic rings. The molecule has 0 radical (unpaired) electrons. The topological polar surface area (TPSA) is 444 Å². The van der Waals surface area contributed by atoms with Gasteiger partial charge >= 0.3 is 0 Å². The van der Waals surface area contributed by atoms with Crippen LogP contribution < -0.4 is 71.6 Å². The fraction of sp³-hybridized carbons (Fsp3) is 0.478. The molecule has 74 heavy (non-hydrogen) atoms. The number of carbonyl (C=O) groups excluding carboxylic acids is 11. The summed E-state index contributed by atoms with van der Waals surface area (Å²) in [6.07, 6.45) is -1.14. The number of guanidine groups is 1. The van der Waals surface area contributed by atoms with Crippen LogP contribution in [0.5, 0.6) is 0 Å². The Morgan fingerprint density at radius 2 is 1.22 bits per heavy atom. The first kappa shape index (κ1) is 59.1. The lowest BCUT2D eigenvalue weighted by Crippen LogP contribution is -2.61. The van der Waals surface area contributed by atoms with Crippen molar-refractivity contribution in [1.82, 2.24) is 42.1 Å². The van der Waals surface area contributed by atoms with Crippen molar-refractivity contribution < 1.29 is 52.7 Å². The van der Waals surface area contributed by atoms with E-state index in [1.54, 1.807) is 60.7 Å². The first-order valence-corrected chi connectivity index (χ1v) is 26.1. The van der Waals surface area contributed by atoms with Gasteiger partial charge in [0.15, 0.2) is 5.96 Å². The van der Waals surface area contributed by atoms with E-state index in [-0.39, 0.29) is 62.7 Å². The molecule has 0 spiro atoms. The Labute approximate surface area is 434 Å². The van der Waals surface area contributed by atoms with Crippen molar-refractivity contribution in [3.05, 3.63) is 71.8 Å². The number of hydrogen-bond donors (Lipinski definition) is 13. The van der Waals surface area contributed by atoms with Crippen LogP contribution in [0.15, 0.2) is 65.7 Å². The van der Waals surface area contributed by atoms with Crippen molar-refractivity contribution in [3.63, 3.8) is 0 Å². The van der Waals surface area contributed by atoms with Crippen LogP contribution in [0, 0.1) is 0 Å². The second-order valence-corrected chi connectivity index (χ2v) is 20.0. The Hall–Kier alpha value is -7.46. The van der Waals surface area contributed by atoms with Crippen molar-refractivity contribution in [3.8, 4) is 0 Å². The standard InChI is InChI=1S/C46H65N15O11S2/c47-27-23-73-74-24-33(45(72)61-18-8-14-34(61)44(71)56-28(13-7-17-53-46(51)52)39(66)54-22-37(50)64)60-43(70)32(21-36(49)63)59-40(67)29(15-16-35(48)62)55-41(68)31(20-26-11-5-2-6-12-26)58-42(69)30(57-38(27)65)19-25-9-3-1-4-10-25/h1-6,9-12,27-34H,7-8,13-24,47H2,(H2,48,62)(H2,49,63)(H2,50,64)(H,54,66)(H,55,68)(H,56,71)(H,57,65)(H,58,69)(H,59,67)(H,60,70)(H4,51,52,53)/t27-,28+,29-,30+,31-,32-,33-,34-/m0/s1. The lowest BCUT2D eigenvalue weighted by atomic mass is 10.0. The summed E-state index contributed by atoms with van der Waals surface area (Å²) in [6.45, 7) is -0.416. The van der Waals surface area contributed by atoms with E-state index in [0.29, 0.717) is 17.5 Å². The molecule has 2 heterocycles. The summed E-state index contributed by atoms with van der Waals surface area (Å²) >= 11 is 0. The molecule has 2 aromatic carbocycles. The zero-order valence-corrected chi connectivity index (χ0v) is 42.1. The molecule has 2 fully saturated rings. The molecule has 8 atom stereocenters. The second-order valence-electron chi connectivity index (χ2n) is 17.4. The molecule has 0 bridgehead atoms. The van der Waals surface area contributed by atoms with Gasteiger partial charge in [-0.15, -0.1) is 0 Å². The Bertz CT molecular complexity index is 2360. The lowest BCUT2D eigenvalue weighted by molar-refractivity contribution is -0.142. The molecular weight excluding hydrogens is 1000 g/mol. The van der Waals surface area contributed by atoms with Crippen LogP contribution >= 0.6 is 21.6 Å². The number of benzene rings is 2. The van der Waals surface area contributed by atoms with Gasteiger partial charge in [0.2, 0.25) is 65.0 Å². The van der Waals surface area contributed by atoms with Crippen LogP contribution in [0.25, 0.3) is 0 Å². The second kappa shape index (κ2) is 29.9. The van der Waals surface area contributed by atoms with E-state index < -0.39 is 139 Å². The van der Waals surface area contributed by atoms with Crippen molar-refractivity contribution in [1.29, 1.82) is 0 Å². The Morgan fingerprint density at radius 1 is 0.676 bits per heavy atom. The molecule has 0 aliphatic carbocycles. The molecule has 0 unspecified atom stereocenters. The molecule has 4 rings (SSSR count). The zero-order chi connectivity index (χ0) is 54.3. The number of hydrogen-bond acceptors (Lipinski definition) is 15. The third kappa shape index (κ3) is 19.9. The summed E-state index contributed by atoms with van der Waals surface area (Å²) in [6, 6.07) is 6.07. The molecule has 2 saturated heterocycles. The number of amides is 11. The summed E-state index contributed by atoms with van der Waals surface area (Å²) in [4.78, 5) is 153. The number of likely N-dealkylation sites (tertiary alicyclic amines) is 1. The minimum atomic E-state index is -1.78. The number of primary amides is 3. The monoisotopic (exact) mass is 1070 g/mol. The van der Waals surface area contributed by atoms with E-state index in [9.17, 15) is 52.7 Å². The highest BCUT2D eigenvalue weighted by molar-refractivity contribution is 8.76. The summed E-state index contributed by atoms with van der Waals surface area (Å²) in [5.41, 5.74) is 34.6. The number of nitrogens with one attached hydrogen (secondary N) is 7. The predicted molar refractivity (Wildman–Crippen MR) is 274 cm³/mol. The fourth-order valence-corrected chi connectivity index (χ4v) is 10.1. The molecule has 19 N–H and O–H groups in total. The smallest absolute Gasteiger partial charge is 0.246 e. The van der Waals surface area contributed by atoms with Gasteiger partial charge in [0, 0.05) is 43.9 Å². The van der Waals surface area contributed by atoms with E-state index in [1.807, 2.05) is 0 Å². The SMILES string of the molecule is NC(=O)CC[C@@H]1NC(=O)[C@H](Cc2ccccc2)NC(=O)[C@@H](Cc2ccccc2)NC(=O)[C@@H](N)CSSC[C@@H](C(=O)N2CCC[C@H]2C(=O)N[C@H](CCCN=C(N)N)C(=O)NCC(N)=O)NC(=O)[C@H](CC(N)=O)NC1=O. The number of rotatable bonds is 19. The van der Waals surface area contributed by atoms with Gasteiger partial charge < -0.3 is 76.5 Å². The first-order valence-electron chi connectivity index (χ1n) is 23.6. The van der Waals surface area contributed by atoms with Crippen LogP contribution in [-0.2, 0) is 65.6 Å². The van der Waals surface area contributed by atoms with Gasteiger partial charge in [0.1, 0.15) is 42.3 Å². The third-order valence-corrected chi connectivity index (χ3v) is 14.0. The maximum Gasteiger partial charge on any atom is 0.246 e. The van der Waals surface area contributed by atoms with E-state index in [0.717, 1.165) is 21.6 Å². The number of carbonyl (C=O) groups is 11. The summed E-state index contributed by atoms with van der Waals surface area (Å²) in [5.74, 6) is -10.2. The maximum absolute atomic E-state index is 14.6. The summed E-state index contributed by atoms with van der Waals surface area (Å²) in [7, 11) is 2.04. The molecule has 11 amide bonds. The molecular formula is C46H65N15O11S2. The van der Waals surface area contributed by atoms with E-state index in [4.69, 9.17) is 34.4 Å². The van der Waals surface area contributed by atoms with Gasteiger partial charge in [0.25, 0.3) is 0 Å². The number of aliphatic imine (C=N–C) groups is 1. The lowest BCUT2D eigenvalue weighted by Gasteiger charge is -2.31. The van der Waals surface area contributed by atoms with Crippen LogP contribution in [0.1, 0.15) is 56.1 Å². The maximum atomic E-state index is 14.6. The quantitative estimate of drug-likeness (QED) is 0.0271. The van der Waals surface area contributed by atoms with Crippen LogP contribution in [0.4, 0.5) is 0 Å². The van der Waals surface area contributed by atoms with E-state index in [1.165, 1.54) is 4.90 Å². The Balaban J connectivity index is 1.70. The average Bonchev–Trinajstić information content (AvgIpc) is 3.86. The largest absolute Gasteiger partial charge is 0.370 e. The minimum Gasteiger partial charge on any atom is -0.370 e. The predicted octanol–water partition coefficient (Wildman–Crippen LogP) is -5.11. The molecule has 28 heteroatoms. The van der Waals surface area contributed by atoms with Gasteiger partial charge in [-0.05, 0) is 43.2 Å². The molecule has 26 nitrogen and oxygen atoms in total. The molecule has 402 valence electrons. The normalized spacial score (nSPS) is 22.7. The van der Waals surface area contributed by atoms with Crippen molar-refractivity contribution >= 4 is 92.5 Å². The third-order valence-electron chi connectivity index (χ3n) is 11.6. The number of nitrogens with two attached hydrogens (primary N) is 6. The highest BCUT2D eigenvalue weighted by atomic mass is 33.1.